The van der Waals surface area contributed by atoms with E-state index in [-0.39, 0.29) is 0 Å². The fraction of sp³-hybridized carbons (Fsp3) is 0.269. The Hall–Kier alpha value is -3.71. The number of morpholine rings is 1. The van der Waals surface area contributed by atoms with Gasteiger partial charge in [-0.1, -0.05) is 18.2 Å². The van der Waals surface area contributed by atoms with Gasteiger partial charge in [0.15, 0.2) is 5.82 Å². The van der Waals surface area contributed by atoms with Crippen LogP contribution in [-0.2, 0) is 17.6 Å². The van der Waals surface area contributed by atoms with Crippen molar-refractivity contribution in [1.29, 1.82) is 0 Å². The zero-order chi connectivity index (χ0) is 22.5. The normalized spacial score (nSPS) is 13.8. The Morgan fingerprint density at radius 1 is 0.788 bits per heavy atom. The summed E-state index contributed by atoms with van der Waals surface area (Å²) in [4.78, 5) is 25.2. The summed E-state index contributed by atoms with van der Waals surface area (Å²) in [5.41, 5.74) is 5.99. The van der Waals surface area contributed by atoms with Crippen LogP contribution in [0.15, 0.2) is 67.0 Å². The van der Waals surface area contributed by atoms with E-state index < -0.39 is 0 Å². The number of hydrogen-bond donors (Lipinski definition) is 0. The molecule has 0 amide bonds. The molecule has 7 nitrogen and oxygen atoms in total. The van der Waals surface area contributed by atoms with Gasteiger partial charge < -0.3 is 9.64 Å². The van der Waals surface area contributed by atoms with Gasteiger partial charge in [-0.3, -0.25) is 0 Å². The molecule has 0 aliphatic carbocycles. The van der Waals surface area contributed by atoms with Crippen molar-refractivity contribution >= 4 is 5.69 Å². The number of rotatable bonds is 6. The van der Waals surface area contributed by atoms with E-state index >= 15 is 0 Å². The minimum atomic E-state index is 0.618. The van der Waals surface area contributed by atoms with Crippen molar-refractivity contribution in [3.05, 3.63) is 95.5 Å². The second kappa shape index (κ2) is 9.83. The number of benzene rings is 1. The van der Waals surface area contributed by atoms with Crippen molar-refractivity contribution in [2.24, 2.45) is 0 Å². The molecule has 0 spiro atoms. The fourth-order valence-corrected chi connectivity index (χ4v) is 3.92. The SMILES string of the molecule is Cc1cccc(-c2nccc(Cc3ccnc(Cc4ccc(N5CCOCC5)cc4)n3)n2)n1. The van der Waals surface area contributed by atoms with Gasteiger partial charge in [0.1, 0.15) is 11.5 Å². The summed E-state index contributed by atoms with van der Waals surface area (Å²) in [7, 11) is 0. The minimum Gasteiger partial charge on any atom is -0.378 e. The summed E-state index contributed by atoms with van der Waals surface area (Å²) in [5.74, 6) is 1.44. The maximum Gasteiger partial charge on any atom is 0.178 e. The van der Waals surface area contributed by atoms with Gasteiger partial charge in [-0.15, -0.1) is 0 Å². The van der Waals surface area contributed by atoms with Gasteiger partial charge in [0, 0.05) is 49.7 Å². The molecule has 1 saturated heterocycles. The number of nitrogens with zero attached hydrogens (tertiary/aromatic N) is 6. The molecule has 5 rings (SSSR count). The lowest BCUT2D eigenvalue weighted by Crippen LogP contribution is -2.36. The predicted octanol–water partition coefficient (Wildman–Crippen LogP) is 3.66. The van der Waals surface area contributed by atoms with E-state index in [0.29, 0.717) is 18.7 Å². The van der Waals surface area contributed by atoms with Gasteiger partial charge in [-0.2, -0.15) is 0 Å². The Kier molecular flexibility index (Phi) is 6.30. The lowest BCUT2D eigenvalue weighted by atomic mass is 10.1. The molecule has 0 saturated carbocycles. The van der Waals surface area contributed by atoms with E-state index in [1.807, 2.05) is 43.5 Å². The Morgan fingerprint density at radius 2 is 1.55 bits per heavy atom. The maximum atomic E-state index is 5.44. The highest BCUT2D eigenvalue weighted by molar-refractivity contribution is 5.49. The smallest absolute Gasteiger partial charge is 0.178 e. The van der Waals surface area contributed by atoms with E-state index in [0.717, 1.165) is 54.9 Å². The van der Waals surface area contributed by atoms with E-state index in [2.05, 4.69) is 44.1 Å². The van der Waals surface area contributed by atoms with Crippen LogP contribution in [0.2, 0.25) is 0 Å². The molecule has 1 fully saturated rings. The Balaban J connectivity index is 1.27. The third-order valence-electron chi connectivity index (χ3n) is 5.63. The van der Waals surface area contributed by atoms with Crippen molar-refractivity contribution in [2.75, 3.05) is 31.2 Å². The number of anilines is 1. The third-order valence-corrected chi connectivity index (χ3v) is 5.63. The van der Waals surface area contributed by atoms with Crippen LogP contribution in [0.25, 0.3) is 11.5 Å². The molecule has 0 unspecified atom stereocenters. The largest absolute Gasteiger partial charge is 0.378 e. The van der Waals surface area contributed by atoms with Crippen molar-refractivity contribution in [3.8, 4) is 11.5 Å². The Labute approximate surface area is 193 Å². The third kappa shape index (κ3) is 5.38. The highest BCUT2D eigenvalue weighted by atomic mass is 16.5. The minimum absolute atomic E-state index is 0.618. The van der Waals surface area contributed by atoms with Gasteiger partial charge >= 0.3 is 0 Å². The summed E-state index contributed by atoms with van der Waals surface area (Å²) in [6.45, 7) is 5.42. The van der Waals surface area contributed by atoms with E-state index in [9.17, 15) is 0 Å². The van der Waals surface area contributed by atoms with Crippen molar-refractivity contribution in [2.45, 2.75) is 19.8 Å². The van der Waals surface area contributed by atoms with Crippen LogP contribution in [0.5, 0.6) is 0 Å². The molecule has 1 aromatic carbocycles. The standard InChI is InChI=1S/C26H26N6O/c1-19-3-2-4-24(29-19)26-28-12-10-22(31-26)18-21-9-11-27-25(30-21)17-20-5-7-23(8-6-20)32-13-15-33-16-14-32/h2-12H,13-18H2,1H3. The summed E-state index contributed by atoms with van der Waals surface area (Å²) >= 11 is 0. The molecule has 4 aromatic rings. The molecule has 4 heterocycles. The molecular weight excluding hydrogens is 412 g/mol. The molecule has 0 N–H and O–H groups in total. The predicted molar refractivity (Wildman–Crippen MR) is 127 cm³/mol. The second-order valence-corrected chi connectivity index (χ2v) is 8.12. The first kappa shape index (κ1) is 21.2. The maximum absolute atomic E-state index is 5.44. The molecule has 166 valence electrons. The lowest BCUT2D eigenvalue weighted by Gasteiger charge is -2.28. The lowest BCUT2D eigenvalue weighted by molar-refractivity contribution is 0.122. The number of aryl methyl sites for hydroxylation is 1. The average Bonchev–Trinajstić information content (AvgIpc) is 2.85. The van der Waals surface area contributed by atoms with Crippen molar-refractivity contribution < 1.29 is 4.74 Å². The molecule has 0 bridgehead atoms. The highest BCUT2D eigenvalue weighted by Crippen LogP contribution is 2.18. The molecule has 0 radical (unpaired) electrons. The number of ether oxygens (including phenoxy) is 1. The molecule has 7 heteroatoms. The van der Waals surface area contributed by atoms with Crippen LogP contribution in [-0.4, -0.2) is 51.2 Å². The number of pyridine rings is 1. The van der Waals surface area contributed by atoms with Gasteiger partial charge in [0.05, 0.1) is 24.6 Å². The van der Waals surface area contributed by atoms with Crippen molar-refractivity contribution in [1.82, 2.24) is 24.9 Å². The molecule has 33 heavy (non-hydrogen) atoms. The summed E-state index contributed by atoms with van der Waals surface area (Å²) in [5, 5.41) is 0. The van der Waals surface area contributed by atoms with Crippen molar-refractivity contribution in [3.63, 3.8) is 0 Å². The van der Waals surface area contributed by atoms with E-state index in [4.69, 9.17) is 14.7 Å². The first-order valence-electron chi connectivity index (χ1n) is 11.2. The van der Waals surface area contributed by atoms with Crippen LogP contribution in [0.3, 0.4) is 0 Å². The van der Waals surface area contributed by atoms with Crippen LogP contribution in [0.4, 0.5) is 5.69 Å². The molecule has 3 aromatic heterocycles. The first-order chi connectivity index (χ1) is 16.2. The summed E-state index contributed by atoms with van der Waals surface area (Å²) < 4.78 is 5.44. The van der Waals surface area contributed by atoms with Gasteiger partial charge in [0.2, 0.25) is 0 Å². The molecule has 0 atom stereocenters. The van der Waals surface area contributed by atoms with Crippen LogP contribution in [0.1, 0.15) is 28.5 Å². The van der Waals surface area contributed by atoms with Crippen LogP contribution in [0, 0.1) is 6.92 Å². The van der Waals surface area contributed by atoms with Gasteiger partial charge in [-0.05, 0) is 48.9 Å². The fourth-order valence-electron chi connectivity index (χ4n) is 3.92. The van der Waals surface area contributed by atoms with Crippen LogP contribution < -0.4 is 4.90 Å². The zero-order valence-corrected chi connectivity index (χ0v) is 18.7. The average molecular weight is 439 g/mol. The Bertz CT molecular complexity index is 1220. The number of hydrogen-bond acceptors (Lipinski definition) is 7. The number of aromatic nitrogens is 5. The van der Waals surface area contributed by atoms with Gasteiger partial charge in [0.25, 0.3) is 0 Å². The van der Waals surface area contributed by atoms with E-state index in [1.165, 1.54) is 11.3 Å². The molecule has 1 aliphatic rings. The topological polar surface area (TPSA) is 76.9 Å². The molecule has 1 aliphatic heterocycles. The first-order valence-corrected chi connectivity index (χ1v) is 11.2. The summed E-state index contributed by atoms with van der Waals surface area (Å²) in [6, 6.07) is 18.4. The quantitative estimate of drug-likeness (QED) is 0.455. The monoisotopic (exact) mass is 438 g/mol. The van der Waals surface area contributed by atoms with Gasteiger partial charge in [-0.25, -0.2) is 24.9 Å². The molecular formula is C26H26N6O. The highest BCUT2D eigenvalue weighted by Gasteiger charge is 2.11. The van der Waals surface area contributed by atoms with E-state index in [1.54, 1.807) is 6.20 Å². The second-order valence-electron chi connectivity index (χ2n) is 8.12. The Morgan fingerprint density at radius 3 is 2.33 bits per heavy atom. The van der Waals surface area contributed by atoms with Crippen LogP contribution >= 0.6 is 0 Å². The zero-order valence-electron chi connectivity index (χ0n) is 18.7. The summed E-state index contributed by atoms with van der Waals surface area (Å²) in [6.07, 6.45) is 4.91.